The van der Waals surface area contributed by atoms with Crippen LogP contribution in [0.15, 0.2) is 97.1 Å². The van der Waals surface area contributed by atoms with Crippen LogP contribution in [-0.4, -0.2) is 41.9 Å². The largest absolute Gasteiger partial charge is 0.457 e. The van der Waals surface area contributed by atoms with Gasteiger partial charge in [-0.1, -0.05) is 72.8 Å². The summed E-state index contributed by atoms with van der Waals surface area (Å²) in [4.78, 5) is 17.0. The fraction of sp³-hybridized carbons (Fsp3) is 0.207. The monoisotopic (exact) mass is 436 g/mol. The molecule has 0 aromatic heterocycles. The molecule has 0 unspecified atom stereocenters. The number of carbonyl (C=O) groups excluding carboxylic acids is 1. The molecule has 1 saturated heterocycles. The van der Waals surface area contributed by atoms with Crippen molar-refractivity contribution in [2.75, 3.05) is 26.2 Å². The van der Waals surface area contributed by atoms with Crippen LogP contribution in [0.25, 0.3) is 10.8 Å². The average molecular weight is 437 g/mol. The van der Waals surface area contributed by atoms with Crippen LogP contribution in [0.3, 0.4) is 0 Å². The Morgan fingerprint density at radius 1 is 0.667 bits per heavy atom. The third kappa shape index (κ3) is 5.41. The molecular formula is C29H28N2O2. The molecule has 1 fully saturated rings. The molecule has 0 spiro atoms. The lowest BCUT2D eigenvalue weighted by molar-refractivity contribution is -0.132. The zero-order valence-electron chi connectivity index (χ0n) is 18.7. The van der Waals surface area contributed by atoms with Gasteiger partial charge in [0, 0.05) is 32.7 Å². The molecule has 1 amide bonds. The molecule has 0 aliphatic carbocycles. The minimum atomic E-state index is 0.214. The first-order valence-electron chi connectivity index (χ1n) is 11.5. The maximum atomic E-state index is 12.6. The molecule has 166 valence electrons. The number of fused-ring (bicyclic) bond motifs is 1. The smallest absolute Gasteiger partial charge is 0.227 e. The highest BCUT2D eigenvalue weighted by atomic mass is 16.5. The van der Waals surface area contributed by atoms with Gasteiger partial charge in [-0.05, 0) is 46.2 Å². The molecular weight excluding hydrogens is 408 g/mol. The number of hydrogen-bond acceptors (Lipinski definition) is 3. The third-order valence-electron chi connectivity index (χ3n) is 6.18. The summed E-state index contributed by atoms with van der Waals surface area (Å²) in [6.07, 6.45) is 0.481. The Balaban J connectivity index is 1.16. The lowest BCUT2D eigenvalue weighted by Crippen LogP contribution is -2.48. The van der Waals surface area contributed by atoms with E-state index in [1.807, 2.05) is 65.6 Å². The number of piperazine rings is 1. The Labute approximate surface area is 195 Å². The molecule has 4 aromatic carbocycles. The first-order valence-corrected chi connectivity index (χ1v) is 11.5. The third-order valence-corrected chi connectivity index (χ3v) is 6.18. The van der Waals surface area contributed by atoms with Gasteiger partial charge in [-0.15, -0.1) is 0 Å². The second kappa shape index (κ2) is 9.88. The summed E-state index contributed by atoms with van der Waals surface area (Å²) in [7, 11) is 0. The van der Waals surface area contributed by atoms with Gasteiger partial charge in [-0.2, -0.15) is 0 Å². The van der Waals surface area contributed by atoms with Crippen molar-refractivity contribution >= 4 is 16.7 Å². The molecule has 1 heterocycles. The molecule has 5 rings (SSSR count). The number of amides is 1. The van der Waals surface area contributed by atoms with Crippen molar-refractivity contribution in [3.05, 3.63) is 108 Å². The first kappa shape index (κ1) is 21.2. The van der Waals surface area contributed by atoms with Crippen LogP contribution in [0.5, 0.6) is 11.5 Å². The van der Waals surface area contributed by atoms with Crippen molar-refractivity contribution in [3.8, 4) is 11.5 Å². The molecule has 0 N–H and O–H groups in total. The molecule has 4 aromatic rings. The molecule has 4 nitrogen and oxygen atoms in total. The van der Waals surface area contributed by atoms with E-state index in [4.69, 9.17) is 4.74 Å². The van der Waals surface area contributed by atoms with Crippen molar-refractivity contribution in [3.63, 3.8) is 0 Å². The summed E-state index contributed by atoms with van der Waals surface area (Å²) in [5.41, 5.74) is 2.30. The van der Waals surface area contributed by atoms with Crippen LogP contribution < -0.4 is 4.74 Å². The summed E-state index contributed by atoms with van der Waals surface area (Å²) in [5.74, 6) is 1.91. The van der Waals surface area contributed by atoms with Gasteiger partial charge in [-0.25, -0.2) is 0 Å². The highest BCUT2D eigenvalue weighted by Crippen LogP contribution is 2.26. The van der Waals surface area contributed by atoms with E-state index in [1.165, 1.54) is 16.3 Å². The van der Waals surface area contributed by atoms with Crippen LogP contribution in [0, 0.1) is 0 Å². The molecule has 1 aliphatic heterocycles. The standard InChI is InChI=1S/C29H28N2O2/c32-29(20-23-7-2-1-3-8-23)31-17-15-30(16-18-31)22-24-9-6-12-27(19-24)33-28-14-13-25-10-4-5-11-26(25)21-28/h1-14,19,21H,15-18,20,22H2. The van der Waals surface area contributed by atoms with Crippen molar-refractivity contribution in [2.24, 2.45) is 0 Å². The summed E-state index contributed by atoms with van der Waals surface area (Å²) >= 11 is 0. The lowest BCUT2D eigenvalue weighted by Gasteiger charge is -2.35. The van der Waals surface area contributed by atoms with E-state index in [0.29, 0.717) is 6.42 Å². The SMILES string of the molecule is O=C(Cc1ccccc1)N1CCN(Cc2cccc(Oc3ccc4ccccc4c3)c2)CC1. The molecule has 4 heteroatoms. The highest BCUT2D eigenvalue weighted by Gasteiger charge is 2.21. The number of benzene rings is 4. The van der Waals surface area contributed by atoms with E-state index in [1.54, 1.807) is 0 Å². The van der Waals surface area contributed by atoms with Crippen molar-refractivity contribution in [2.45, 2.75) is 13.0 Å². The number of ether oxygens (including phenoxy) is 1. The Hall–Kier alpha value is -3.63. The van der Waals surface area contributed by atoms with Crippen LogP contribution in [0.4, 0.5) is 0 Å². The van der Waals surface area contributed by atoms with Crippen LogP contribution >= 0.6 is 0 Å². The van der Waals surface area contributed by atoms with E-state index < -0.39 is 0 Å². The van der Waals surface area contributed by atoms with Gasteiger partial charge in [0.25, 0.3) is 0 Å². The maximum absolute atomic E-state index is 12.6. The average Bonchev–Trinajstić information content (AvgIpc) is 2.85. The first-order chi connectivity index (χ1) is 16.2. The van der Waals surface area contributed by atoms with E-state index in [-0.39, 0.29) is 5.91 Å². The summed E-state index contributed by atoms with van der Waals surface area (Å²) in [5, 5.41) is 2.38. The summed E-state index contributed by atoms with van der Waals surface area (Å²) < 4.78 is 6.15. The normalized spacial score (nSPS) is 14.4. The minimum Gasteiger partial charge on any atom is -0.457 e. The van der Waals surface area contributed by atoms with Gasteiger partial charge in [-0.3, -0.25) is 9.69 Å². The second-order valence-electron chi connectivity index (χ2n) is 8.58. The van der Waals surface area contributed by atoms with E-state index in [9.17, 15) is 4.79 Å². The Bertz CT molecular complexity index is 1230. The summed E-state index contributed by atoms with van der Waals surface area (Å²) in [6.45, 7) is 4.18. The lowest BCUT2D eigenvalue weighted by atomic mass is 10.1. The van der Waals surface area contributed by atoms with Crippen molar-refractivity contribution in [1.82, 2.24) is 9.80 Å². The van der Waals surface area contributed by atoms with Gasteiger partial charge in [0.1, 0.15) is 11.5 Å². The van der Waals surface area contributed by atoms with E-state index >= 15 is 0 Å². The number of nitrogens with zero attached hydrogens (tertiary/aromatic N) is 2. The Morgan fingerprint density at radius 3 is 2.18 bits per heavy atom. The Kier molecular flexibility index (Phi) is 6.36. The van der Waals surface area contributed by atoms with Gasteiger partial charge in [0.15, 0.2) is 0 Å². The van der Waals surface area contributed by atoms with Gasteiger partial charge < -0.3 is 9.64 Å². The maximum Gasteiger partial charge on any atom is 0.227 e. The summed E-state index contributed by atoms with van der Waals surface area (Å²) in [6, 6.07) is 32.8. The Morgan fingerprint density at radius 2 is 1.36 bits per heavy atom. The topological polar surface area (TPSA) is 32.8 Å². The second-order valence-corrected chi connectivity index (χ2v) is 8.58. The molecule has 0 radical (unpaired) electrons. The zero-order valence-corrected chi connectivity index (χ0v) is 18.7. The fourth-order valence-electron chi connectivity index (χ4n) is 4.37. The minimum absolute atomic E-state index is 0.214. The van der Waals surface area contributed by atoms with E-state index in [0.717, 1.165) is 49.8 Å². The molecule has 1 aliphatic rings. The number of hydrogen-bond donors (Lipinski definition) is 0. The van der Waals surface area contributed by atoms with Crippen LogP contribution in [0.2, 0.25) is 0 Å². The number of carbonyl (C=O) groups is 1. The molecule has 33 heavy (non-hydrogen) atoms. The highest BCUT2D eigenvalue weighted by molar-refractivity contribution is 5.83. The van der Waals surface area contributed by atoms with Gasteiger partial charge in [0.2, 0.25) is 5.91 Å². The number of rotatable bonds is 6. The zero-order chi connectivity index (χ0) is 22.5. The molecule has 0 bridgehead atoms. The van der Waals surface area contributed by atoms with Crippen LogP contribution in [-0.2, 0) is 17.8 Å². The quantitative estimate of drug-likeness (QED) is 0.399. The van der Waals surface area contributed by atoms with Crippen LogP contribution in [0.1, 0.15) is 11.1 Å². The van der Waals surface area contributed by atoms with Gasteiger partial charge >= 0.3 is 0 Å². The van der Waals surface area contributed by atoms with Crippen molar-refractivity contribution < 1.29 is 9.53 Å². The van der Waals surface area contributed by atoms with E-state index in [2.05, 4.69) is 41.3 Å². The predicted molar refractivity (Wildman–Crippen MR) is 132 cm³/mol. The molecule has 0 saturated carbocycles. The predicted octanol–water partition coefficient (Wildman–Crippen LogP) is 5.52. The van der Waals surface area contributed by atoms with Crippen molar-refractivity contribution in [1.29, 1.82) is 0 Å². The van der Waals surface area contributed by atoms with Gasteiger partial charge in [0.05, 0.1) is 6.42 Å². The molecule has 0 atom stereocenters. The fourth-order valence-corrected chi connectivity index (χ4v) is 4.37.